The number of hydrogen-bond donors (Lipinski definition) is 2. The first-order chi connectivity index (χ1) is 10.9. The lowest BCUT2D eigenvalue weighted by molar-refractivity contribution is -0.154. The number of carboxylic acids is 1. The van der Waals surface area contributed by atoms with Crippen LogP contribution in [-0.2, 0) is 9.53 Å². The summed E-state index contributed by atoms with van der Waals surface area (Å²) >= 11 is 5.99. The molecule has 126 valence electrons. The standard InChI is InChI=1S/C15H20ClN3O4/c1-9(2)12-17-7-10(16)11(19-12)13(20)18-8-15(14(21)22)3-5-23-6-4-15/h7,9H,3-6,8H2,1-2H3,(H,18,20)(H,21,22). The Bertz CT molecular complexity index is 600. The van der Waals surface area contributed by atoms with Gasteiger partial charge in [-0.25, -0.2) is 9.97 Å². The Labute approximate surface area is 139 Å². The average Bonchev–Trinajstić information content (AvgIpc) is 2.53. The Morgan fingerprint density at radius 3 is 2.65 bits per heavy atom. The second-order valence-electron chi connectivity index (χ2n) is 5.96. The molecule has 0 unspecified atom stereocenters. The molecular formula is C15H20ClN3O4. The van der Waals surface area contributed by atoms with Gasteiger partial charge in [-0.1, -0.05) is 25.4 Å². The highest BCUT2D eigenvalue weighted by Crippen LogP contribution is 2.30. The van der Waals surface area contributed by atoms with E-state index in [1.54, 1.807) is 0 Å². The number of nitrogens with one attached hydrogen (secondary N) is 1. The van der Waals surface area contributed by atoms with Gasteiger partial charge in [-0.05, 0) is 12.8 Å². The molecule has 1 fully saturated rings. The molecule has 1 aromatic rings. The quantitative estimate of drug-likeness (QED) is 0.847. The van der Waals surface area contributed by atoms with Gasteiger partial charge in [0.15, 0.2) is 0 Å². The molecule has 1 aliphatic heterocycles. The lowest BCUT2D eigenvalue weighted by Gasteiger charge is -2.33. The number of carbonyl (C=O) groups excluding carboxylic acids is 1. The molecule has 0 atom stereocenters. The van der Waals surface area contributed by atoms with Crippen LogP contribution in [0.2, 0.25) is 5.02 Å². The zero-order valence-corrected chi connectivity index (χ0v) is 13.9. The van der Waals surface area contributed by atoms with Crippen molar-refractivity contribution in [2.24, 2.45) is 5.41 Å². The maximum atomic E-state index is 12.3. The van der Waals surface area contributed by atoms with Crippen LogP contribution in [0.5, 0.6) is 0 Å². The van der Waals surface area contributed by atoms with Gasteiger partial charge >= 0.3 is 5.97 Å². The molecule has 2 heterocycles. The number of carboxylic acid groups (broad SMARTS) is 1. The summed E-state index contributed by atoms with van der Waals surface area (Å²) in [5, 5.41) is 12.3. The van der Waals surface area contributed by atoms with Gasteiger partial charge < -0.3 is 15.2 Å². The van der Waals surface area contributed by atoms with Crippen molar-refractivity contribution < 1.29 is 19.4 Å². The number of aromatic nitrogens is 2. The van der Waals surface area contributed by atoms with E-state index in [9.17, 15) is 14.7 Å². The van der Waals surface area contributed by atoms with Crippen molar-refractivity contribution >= 4 is 23.5 Å². The van der Waals surface area contributed by atoms with Crippen LogP contribution >= 0.6 is 11.6 Å². The van der Waals surface area contributed by atoms with Crippen molar-refractivity contribution in [3.05, 3.63) is 22.7 Å². The van der Waals surface area contributed by atoms with Crippen LogP contribution in [0.15, 0.2) is 6.20 Å². The summed E-state index contributed by atoms with van der Waals surface area (Å²) < 4.78 is 5.21. The van der Waals surface area contributed by atoms with E-state index in [4.69, 9.17) is 16.3 Å². The lowest BCUT2D eigenvalue weighted by Crippen LogP contribution is -2.46. The second-order valence-corrected chi connectivity index (χ2v) is 6.37. The largest absolute Gasteiger partial charge is 0.481 e. The number of amides is 1. The number of rotatable bonds is 5. The first-order valence-electron chi connectivity index (χ1n) is 7.47. The summed E-state index contributed by atoms with van der Waals surface area (Å²) in [7, 11) is 0. The maximum Gasteiger partial charge on any atom is 0.311 e. The maximum absolute atomic E-state index is 12.3. The molecule has 1 aromatic heterocycles. The Morgan fingerprint density at radius 1 is 1.43 bits per heavy atom. The summed E-state index contributed by atoms with van der Waals surface area (Å²) in [5.74, 6) is -0.859. The summed E-state index contributed by atoms with van der Waals surface area (Å²) in [6.45, 7) is 4.57. The van der Waals surface area contributed by atoms with Crippen LogP contribution in [0.25, 0.3) is 0 Å². The van der Waals surface area contributed by atoms with Gasteiger partial charge in [0.1, 0.15) is 11.5 Å². The molecule has 2 rings (SSSR count). The van der Waals surface area contributed by atoms with Gasteiger partial charge in [0, 0.05) is 25.7 Å². The van der Waals surface area contributed by atoms with E-state index in [2.05, 4.69) is 15.3 Å². The van der Waals surface area contributed by atoms with Crippen LogP contribution in [0.4, 0.5) is 0 Å². The highest BCUT2D eigenvalue weighted by atomic mass is 35.5. The zero-order chi connectivity index (χ0) is 17.0. The van der Waals surface area contributed by atoms with Crippen molar-refractivity contribution in [3.8, 4) is 0 Å². The average molecular weight is 342 g/mol. The van der Waals surface area contributed by atoms with Crippen molar-refractivity contribution in [1.82, 2.24) is 15.3 Å². The van der Waals surface area contributed by atoms with Gasteiger partial charge in [0.2, 0.25) is 0 Å². The molecule has 1 aliphatic rings. The Hall–Kier alpha value is -1.73. The monoisotopic (exact) mass is 341 g/mol. The molecule has 7 nitrogen and oxygen atoms in total. The van der Waals surface area contributed by atoms with Gasteiger partial charge in [-0.2, -0.15) is 0 Å². The third-order valence-corrected chi connectivity index (χ3v) is 4.26. The van der Waals surface area contributed by atoms with E-state index < -0.39 is 17.3 Å². The smallest absolute Gasteiger partial charge is 0.311 e. The number of hydrogen-bond acceptors (Lipinski definition) is 5. The molecule has 0 aromatic carbocycles. The highest BCUT2D eigenvalue weighted by Gasteiger charge is 2.40. The summed E-state index contributed by atoms with van der Waals surface area (Å²) in [6, 6.07) is 0. The zero-order valence-electron chi connectivity index (χ0n) is 13.1. The first-order valence-corrected chi connectivity index (χ1v) is 7.85. The number of nitrogens with zero attached hydrogens (tertiary/aromatic N) is 2. The normalized spacial score (nSPS) is 17.0. The molecule has 0 saturated carbocycles. The fourth-order valence-electron chi connectivity index (χ4n) is 2.38. The minimum Gasteiger partial charge on any atom is -0.481 e. The highest BCUT2D eigenvalue weighted by molar-refractivity contribution is 6.33. The second kappa shape index (κ2) is 7.23. The summed E-state index contributed by atoms with van der Waals surface area (Å²) in [5.41, 5.74) is -0.938. The SMILES string of the molecule is CC(C)c1ncc(Cl)c(C(=O)NCC2(C(=O)O)CCOCC2)n1. The summed E-state index contributed by atoms with van der Waals surface area (Å²) in [6.07, 6.45) is 2.11. The Morgan fingerprint density at radius 2 is 2.09 bits per heavy atom. The van der Waals surface area contributed by atoms with E-state index in [0.29, 0.717) is 31.9 Å². The fourth-order valence-corrected chi connectivity index (χ4v) is 2.56. The molecule has 1 amide bonds. The Kier molecular flexibility index (Phi) is 5.54. The van der Waals surface area contributed by atoms with Crippen molar-refractivity contribution in [3.63, 3.8) is 0 Å². The number of ether oxygens (including phenoxy) is 1. The van der Waals surface area contributed by atoms with Crippen molar-refractivity contribution in [2.75, 3.05) is 19.8 Å². The molecule has 0 aliphatic carbocycles. The molecule has 0 bridgehead atoms. The predicted octanol–water partition coefficient (Wildman–Crippen LogP) is 1.86. The third-order valence-electron chi connectivity index (χ3n) is 3.99. The Balaban J connectivity index is 2.12. The van der Waals surface area contributed by atoms with Crippen LogP contribution in [0.3, 0.4) is 0 Å². The van der Waals surface area contributed by atoms with Crippen LogP contribution < -0.4 is 5.32 Å². The van der Waals surface area contributed by atoms with E-state index in [1.165, 1.54) is 6.20 Å². The van der Waals surface area contributed by atoms with E-state index >= 15 is 0 Å². The number of carbonyl (C=O) groups is 2. The topological polar surface area (TPSA) is 101 Å². The molecule has 8 heteroatoms. The molecular weight excluding hydrogens is 322 g/mol. The van der Waals surface area contributed by atoms with Gasteiger partial charge in [0.05, 0.1) is 16.6 Å². The lowest BCUT2D eigenvalue weighted by atomic mass is 9.80. The van der Waals surface area contributed by atoms with Gasteiger partial charge in [-0.15, -0.1) is 0 Å². The molecule has 0 radical (unpaired) electrons. The van der Waals surface area contributed by atoms with E-state index in [0.717, 1.165) is 0 Å². The molecule has 1 saturated heterocycles. The minimum absolute atomic E-state index is 0.0157. The van der Waals surface area contributed by atoms with E-state index in [-0.39, 0.29) is 23.2 Å². The van der Waals surface area contributed by atoms with E-state index in [1.807, 2.05) is 13.8 Å². The number of halogens is 1. The fraction of sp³-hybridized carbons (Fsp3) is 0.600. The van der Waals surface area contributed by atoms with Gasteiger partial charge in [-0.3, -0.25) is 9.59 Å². The van der Waals surface area contributed by atoms with Crippen LogP contribution in [0.1, 0.15) is 48.9 Å². The van der Waals surface area contributed by atoms with Crippen molar-refractivity contribution in [2.45, 2.75) is 32.6 Å². The number of aliphatic carboxylic acids is 1. The van der Waals surface area contributed by atoms with Gasteiger partial charge in [0.25, 0.3) is 5.91 Å². The molecule has 0 spiro atoms. The summed E-state index contributed by atoms with van der Waals surface area (Å²) in [4.78, 5) is 32.2. The predicted molar refractivity (Wildman–Crippen MR) is 83.6 cm³/mol. The third kappa shape index (κ3) is 3.97. The molecule has 2 N–H and O–H groups in total. The first kappa shape index (κ1) is 17.6. The van der Waals surface area contributed by atoms with Crippen LogP contribution in [-0.4, -0.2) is 46.7 Å². The van der Waals surface area contributed by atoms with Crippen molar-refractivity contribution in [1.29, 1.82) is 0 Å². The van der Waals surface area contributed by atoms with Crippen LogP contribution in [0, 0.1) is 5.41 Å². The minimum atomic E-state index is -1.01. The molecule has 23 heavy (non-hydrogen) atoms.